The van der Waals surface area contributed by atoms with Gasteiger partial charge in [-0.15, -0.1) is 0 Å². The summed E-state index contributed by atoms with van der Waals surface area (Å²) in [7, 11) is 0. The van der Waals surface area contributed by atoms with Gasteiger partial charge in [0, 0.05) is 69.0 Å². The fourth-order valence-electron chi connectivity index (χ4n) is 10.5. The number of carbonyl (C=O) groups excluding carboxylic acids is 5. The second-order valence-electron chi connectivity index (χ2n) is 24.9. The van der Waals surface area contributed by atoms with E-state index in [-0.39, 0.29) is 42.1 Å². The standard InChI is InChI=1S/C26H30N4O4.C20H21N5O2.C15H18N2O3.C11H14N2O2.Li/c1-26(2,3)34-25(32)29-21-9-7-18(19-11-14-33-17-19)15-23(21)28-24(31)22-10-8-20(16-27-22)30-12-5-4-6-13-30;21-17-3-1-14(15-5-10-27-13-15)11-19(17)24-20(26)18-4-2-16(12-23-18)25-8-6-22-7-9-25;1-15(2,3)20-14(18)17-13-5-4-10(8-12(13)16)11-6-7-19-9-11;14-11(15)10-5-4-9(8-12-10)13-6-2-1-3-7-13;/h7-11,14-17H,4-6,12-13H2,1-3H3,(H,28,31)(H,29,32);1-5,10-13,22H,6-9,21H2,(H,24,26);4-9H,16H2,1-3H3,(H,17,18);4-5,8H,1-3,6-7H2,(H,14,15);/q;;;;+1/p-1. The molecule has 24 nitrogen and oxygen atoms in total. The van der Waals surface area contributed by atoms with Crippen LogP contribution in [0.15, 0.2) is 179 Å². The number of hydrogen-bond acceptors (Lipinski definition) is 20. The van der Waals surface area contributed by atoms with Crippen LogP contribution >= 0.6 is 0 Å². The number of piperidine rings is 2. The number of rotatable bonds is 13. The van der Waals surface area contributed by atoms with Crippen LogP contribution in [0.25, 0.3) is 33.4 Å². The van der Waals surface area contributed by atoms with Crippen molar-refractivity contribution in [2.45, 2.75) is 91.3 Å². The molecule has 9 N–H and O–H groups in total. The first-order chi connectivity index (χ1) is 46.1. The molecule has 502 valence electrons. The van der Waals surface area contributed by atoms with Crippen LogP contribution in [0.1, 0.15) is 112 Å². The maximum atomic E-state index is 13.0. The summed E-state index contributed by atoms with van der Waals surface area (Å²) in [6, 6.07) is 32.3. The van der Waals surface area contributed by atoms with Gasteiger partial charge in [-0.1, -0.05) is 18.2 Å². The monoisotopic (exact) mass is 1310 g/mol. The molecule has 3 aliphatic rings. The molecule has 0 saturated carbocycles. The molecular formula is C72H82LiN13O11. The molecule has 25 heteroatoms. The van der Waals surface area contributed by atoms with Gasteiger partial charge in [0.1, 0.15) is 22.6 Å². The van der Waals surface area contributed by atoms with Gasteiger partial charge in [0.2, 0.25) is 0 Å². The van der Waals surface area contributed by atoms with Crippen LogP contribution in [0.3, 0.4) is 0 Å². The molecule has 3 fully saturated rings. The first-order valence-electron chi connectivity index (χ1n) is 31.8. The number of carbonyl (C=O) groups is 5. The van der Waals surface area contributed by atoms with Crippen LogP contribution in [0.2, 0.25) is 0 Å². The van der Waals surface area contributed by atoms with E-state index in [1.165, 1.54) is 44.6 Å². The van der Waals surface area contributed by atoms with Crippen LogP contribution in [0.4, 0.5) is 60.8 Å². The summed E-state index contributed by atoms with van der Waals surface area (Å²) in [4.78, 5) is 79.5. The third-order valence-corrected chi connectivity index (χ3v) is 15.3. The zero-order valence-corrected chi connectivity index (χ0v) is 55.8. The van der Waals surface area contributed by atoms with Crippen LogP contribution in [0.5, 0.6) is 0 Å². The fraction of sp³-hybridized carbons (Fsp3) is 0.306. The number of carboxylic acids is 1. The minimum atomic E-state index is -1.22. The Morgan fingerprint density at radius 1 is 0.443 bits per heavy atom. The van der Waals surface area contributed by atoms with E-state index in [2.05, 4.69) is 56.2 Å². The Morgan fingerprint density at radius 3 is 1.24 bits per heavy atom. The van der Waals surface area contributed by atoms with Crippen molar-refractivity contribution in [2.24, 2.45) is 0 Å². The minimum Gasteiger partial charge on any atom is -0.543 e. The third kappa shape index (κ3) is 21.7. The van der Waals surface area contributed by atoms with Crippen LogP contribution < -0.4 is 76.7 Å². The topological polar surface area (TPSA) is 327 Å². The molecule has 0 radical (unpaired) electrons. The van der Waals surface area contributed by atoms with Gasteiger partial charge in [-0.3, -0.25) is 25.2 Å². The van der Waals surface area contributed by atoms with E-state index in [1.54, 1.807) is 146 Å². The molecular weight excluding hydrogens is 1230 g/mol. The van der Waals surface area contributed by atoms with Gasteiger partial charge in [-0.2, -0.15) is 0 Å². The number of nitrogens with two attached hydrogens (primary N) is 2. The molecule has 3 aliphatic heterocycles. The molecule has 9 heterocycles. The molecule has 0 unspecified atom stereocenters. The van der Waals surface area contributed by atoms with Gasteiger partial charge in [-0.05, 0) is 188 Å². The number of aromatic nitrogens is 3. The average Bonchev–Trinajstić information content (AvgIpc) is 1.70. The quantitative estimate of drug-likeness (QED) is 0.0417. The summed E-state index contributed by atoms with van der Waals surface area (Å²) in [6.45, 7) is 18.6. The summed E-state index contributed by atoms with van der Waals surface area (Å²) in [5.74, 6) is -1.89. The number of benzene rings is 3. The summed E-state index contributed by atoms with van der Waals surface area (Å²) in [6.07, 6.45) is 20.9. The number of ether oxygens (including phenoxy) is 2. The number of hydrogen-bond donors (Lipinski definition) is 7. The van der Waals surface area contributed by atoms with Gasteiger partial charge in [0.25, 0.3) is 11.8 Å². The van der Waals surface area contributed by atoms with E-state index < -0.39 is 29.4 Å². The fourth-order valence-corrected chi connectivity index (χ4v) is 10.5. The number of anilines is 9. The summed E-state index contributed by atoms with van der Waals surface area (Å²) in [5.41, 5.74) is 22.7. The van der Waals surface area contributed by atoms with Crippen molar-refractivity contribution in [1.82, 2.24) is 20.3 Å². The second kappa shape index (κ2) is 34.2. The van der Waals surface area contributed by atoms with Crippen molar-refractivity contribution in [3.8, 4) is 33.4 Å². The molecule has 97 heavy (non-hydrogen) atoms. The Hall–Kier alpha value is -10.5. The van der Waals surface area contributed by atoms with Crippen molar-refractivity contribution in [2.75, 3.05) is 99.8 Å². The smallest absolute Gasteiger partial charge is 0.543 e. The van der Waals surface area contributed by atoms with Crippen molar-refractivity contribution < 1.29 is 70.7 Å². The number of furan rings is 3. The van der Waals surface area contributed by atoms with Crippen molar-refractivity contribution in [3.05, 3.63) is 182 Å². The first-order valence-corrected chi connectivity index (χ1v) is 31.8. The summed E-state index contributed by atoms with van der Waals surface area (Å²) in [5, 5.41) is 24.9. The van der Waals surface area contributed by atoms with Gasteiger partial charge in [0.05, 0.1) is 119 Å². The maximum absolute atomic E-state index is 13.0. The maximum Gasteiger partial charge on any atom is 1.00 e. The predicted molar refractivity (Wildman–Crippen MR) is 371 cm³/mol. The number of piperazine rings is 1. The average molecular weight is 1310 g/mol. The van der Waals surface area contributed by atoms with E-state index in [0.717, 1.165) is 103 Å². The van der Waals surface area contributed by atoms with Gasteiger partial charge >= 0.3 is 31.0 Å². The van der Waals surface area contributed by atoms with E-state index in [9.17, 15) is 29.1 Å². The molecule has 4 amide bonds. The summed E-state index contributed by atoms with van der Waals surface area (Å²) >= 11 is 0. The Bertz CT molecular complexity index is 3990. The normalized spacial score (nSPS) is 13.6. The minimum absolute atomic E-state index is 0. The zero-order valence-electron chi connectivity index (χ0n) is 55.8. The molecule has 3 saturated heterocycles. The Labute approximate surface area is 576 Å². The molecule has 3 aromatic carbocycles. The number of nitrogens with one attached hydrogen (secondary N) is 5. The zero-order chi connectivity index (χ0) is 68.2. The van der Waals surface area contributed by atoms with Gasteiger partial charge < -0.3 is 74.7 Å². The Morgan fingerprint density at radius 2 is 0.835 bits per heavy atom. The number of aromatic carboxylic acids is 1. The van der Waals surface area contributed by atoms with E-state index in [1.807, 2.05) is 54.6 Å². The number of amides is 4. The molecule has 9 aromatic rings. The molecule has 0 atom stereocenters. The molecule has 0 spiro atoms. The number of carboxylic acid groups (broad SMARTS) is 1. The molecule has 12 rings (SSSR count). The van der Waals surface area contributed by atoms with E-state index in [4.69, 9.17) is 34.2 Å². The predicted octanol–water partition coefficient (Wildman–Crippen LogP) is 9.83. The van der Waals surface area contributed by atoms with Crippen molar-refractivity contribution >= 4 is 81.2 Å². The first kappa shape index (κ1) is 72.3. The van der Waals surface area contributed by atoms with Crippen LogP contribution in [0, 0.1) is 0 Å². The van der Waals surface area contributed by atoms with Crippen molar-refractivity contribution in [1.29, 1.82) is 0 Å². The largest absolute Gasteiger partial charge is 1.00 e. The molecule has 6 aromatic heterocycles. The van der Waals surface area contributed by atoms with Gasteiger partial charge in [0.15, 0.2) is 0 Å². The Kier molecular flexibility index (Phi) is 25.5. The number of nitrogens with zero attached hydrogens (tertiary/aromatic N) is 6. The summed E-state index contributed by atoms with van der Waals surface area (Å²) < 4.78 is 25.9. The molecule has 0 bridgehead atoms. The van der Waals surface area contributed by atoms with E-state index in [0.29, 0.717) is 39.8 Å². The van der Waals surface area contributed by atoms with Crippen molar-refractivity contribution in [3.63, 3.8) is 0 Å². The van der Waals surface area contributed by atoms with E-state index >= 15 is 0 Å². The van der Waals surface area contributed by atoms with Crippen LogP contribution in [-0.2, 0) is 9.47 Å². The Balaban J connectivity index is 0.000000171. The molecule has 0 aliphatic carbocycles. The number of pyridine rings is 3. The number of nitrogen functional groups attached to an aromatic ring is 2. The third-order valence-electron chi connectivity index (χ3n) is 15.3. The SMILES string of the molecule is CC(C)(C)OC(=O)Nc1ccc(-c2ccoc2)cc1N.CC(C)(C)OC(=O)Nc1ccc(-c2ccoc2)cc1NC(=O)c1ccc(N2CCCCC2)cn1.Nc1ccc(-c2ccoc2)cc1NC(=O)c1ccc(N2CCNCC2)cn1.O=C([O-])c1ccc(N2CCCCC2)cn1.[Li+]. The van der Waals surface area contributed by atoms with Gasteiger partial charge in [-0.25, -0.2) is 19.6 Å². The second-order valence-corrected chi connectivity index (χ2v) is 24.9. The van der Waals surface area contributed by atoms with Crippen LogP contribution in [-0.4, -0.2) is 108 Å².